The van der Waals surface area contributed by atoms with Gasteiger partial charge < -0.3 is 10.2 Å². The summed E-state index contributed by atoms with van der Waals surface area (Å²) in [5.74, 6) is -0.734. The highest BCUT2D eigenvalue weighted by Gasteiger charge is 2.34. The molecule has 1 aromatic carbocycles. The zero-order chi connectivity index (χ0) is 18.1. The maximum atomic E-state index is 12.8. The molecule has 0 unspecified atom stereocenters. The Morgan fingerprint density at radius 1 is 1.20 bits per heavy atom. The lowest BCUT2D eigenvalue weighted by molar-refractivity contribution is -0.122. The maximum absolute atomic E-state index is 12.8. The summed E-state index contributed by atoms with van der Waals surface area (Å²) in [4.78, 5) is 37.2. The van der Waals surface area contributed by atoms with E-state index in [-0.39, 0.29) is 10.7 Å². The van der Waals surface area contributed by atoms with Crippen LogP contribution in [0.5, 0.6) is 0 Å². The van der Waals surface area contributed by atoms with Crippen LogP contribution in [0.25, 0.3) is 6.08 Å². The molecule has 126 valence electrons. The minimum atomic E-state index is -0.603. The second-order valence-electron chi connectivity index (χ2n) is 5.32. The second kappa shape index (κ2) is 6.33. The molecule has 25 heavy (non-hydrogen) atoms. The summed E-state index contributed by atoms with van der Waals surface area (Å²) >= 11 is 5.10. The van der Waals surface area contributed by atoms with E-state index < -0.39 is 17.7 Å². The number of carbonyl (C=O) groups is 3. The topological polar surface area (TPSA) is 106 Å². The molecule has 7 nitrogen and oxygen atoms in total. The predicted molar refractivity (Wildman–Crippen MR) is 94.6 cm³/mol. The van der Waals surface area contributed by atoms with Crippen molar-refractivity contribution in [1.82, 2.24) is 5.32 Å². The van der Waals surface area contributed by atoms with Crippen molar-refractivity contribution >= 4 is 46.8 Å². The van der Waals surface area contributed by atoms with E-state index in [1.165, 1.54) is 35.2 Å². The number of amides is 3. The number of hydrogen-bond acceptors (Lipinski definition) is 5. The van der Waals surface area contributed by atoms with Crippen molar-refractivity contribution in [2.75, 3.05) is 4.90 Å². The van der Waals surface area contributed by atoms with Gasteiger partial charge in [0.25, 0.3) is 11.8 Å². The van der Waals surface area contributed by atoms with Crippen LogP contribution in [0.3, 0.4) is 0 Å². The van der Waals surface area contributed by atoms with Gasteiger partial charge in [-0.3, -0.25) is 24.6 Å². The quantitative estimate of drug-likeness (QED) is 0.493. The Morgan fingerprint density at radius 3 is 2.44 bits per heavy atom. The minimum Gasteiger partial charge on any atom is -0.462 e. The number of hydrogen-bond donors (Lipinski definition) is 2. The lowest BCUT2D eigenvalue weighted by Gasteiger charge is -2.28. The molecule has 0 saturated carbocycles. The molecule has 0 bridgehead atoms. The van der Waals surface area contributed by atoms with Gasteiger partial charge in [-0.2, -0.15) is 0 Å². The van der Waals surface area contributed by atoms with Crippen molar-refractivity contribution in [3.8, 4) is 0 Å². The zero-order valence-electron chi connectivity index (χ0n) is 13.1. The Kier molecular flexibility index (Phi) is 4.20. The number of primary amides is 1. The average molecular weight is 355 g/mol. The molecule has 0 spiro atoms. The lowest BCUT2D eigenvalue weighted by atomic mass is 10.1. The molecular formula is C17H13N3O4S. The first-order valence-electron chi connectivity index (χ1n) is 7.24. The van der Waals surface area contributed by atoms with E-state index in [0.717, 1.165) is 0 Å². The number of nitrogens with zero attached hydrogens (tertiary/aromatic N) is 1. The molecule has 3 N–H and O–H groups in total. The smallest absolute Gasteiger partial charge is 0.270 e. The third-order valence-electron chi connectivity index (χ3n) is 3.56. The van der Waals surface area contributed by atoms with Crippen molar-refractivity contribution in [2.24, 2.45) is 5.73 Å². The molecule has 0 aliphatic carbocycles. The first kappa shape index (κ1) is 16.6. The summed E-state index contributed by atoms with van der Waals surface area (Å²) in [7, 11) is 0. The third-order valence-corrected chi connectivity index (χ3v) is 3.84. The van der Waals surface area contributed by atoms with Crippen LogP contribution in [0.2, 0.25) is 0 Å². The van der Waals surface area contributed by atoms with Crippen LogP contribution >= 0.6 is 12.2 Å². The highest BCUT2D eigenvalue weighted by molar-refractivity contribution is 7.80. The summed E-state index contributed by atoms with van der Waals surface area (Å²) in [5, 5.41) is 2.42. The van der Waals surface area contributed by atoms with Gasteiger partial charge in [-0.1, -0.05) is 0 Å². The molecule has 1 saturated heterocycles. The second-order valence-corrected chi connectivity index (χ2v) is 5.70. The number of furan rings is 1. The molecular weight excluding hydrogens is 342 g/mol. The Bertz CT molecular complexity index is 928. The fourth-order valence-corrected chi connectivity index (χ4v) is 2.62. The Hall–Kier alpha value is -3.26. The van der Waals surface area contributed by atoms with Crippen LogP contribution in [-0.2, 0) is 9.59 Å². The largest absolute Gasteiger partial charge is 0.462 e. The van der Waals surface area contributed by atoms with Gasteiger partial charge >= 0.3 is 0 Å². The van der Waals surface area contributed by atoms with Gasteiger partial charge in [-0.25, -0.2) is 0 Å². The van der Waals surface area contributed by atoms with Gasteiger partial charge in [0.1, 0.15) is 17.1 Å². The van der Waals surface area contributed by atoms with E-state index in [2.05, 4.69) is 5.32 Å². The van der Waals surface area contributed by atoms with Crippen molar-refractivity contribution < 1.29 is 18.8 Å². The van der Waals surface area contributed by atoms with E-state index in [4.69, 9.17) is 22.4 Å². The third kappa shape index (κ3) is 3.20. The lowest BCUT2D eigenvalue weighted by Crippen LogP contribution is -2.54. The summed E-state index contributed by atoms with van der Waals surface area (Å²) in [6.07, 6.45) is 1.36. The monoisotopic (exact) mass is 355 g/mol. The van der Waals surface area contributed by atoms with E-state index in [9.17, 15) is 14.4 Å². The van der Waals surface area contributed by atoms with E-state index in [1.54, 1.807) is 19.1 Å². The van der Waals surface area contributed by atoms with Crippen LogP contribution in [0.15, 0.2) is 46.4 Å². The number of carbonyl (C=O) groups excluding carboxylic acids is 3. The summed E-state index contributed by atoms with van der Waals surface area (Å²) < 4.78 is 5.38. The van der Waals surface area contributed by atoms with Gasteiger partial charge in [0.15, 0.2) is 5.11 Å². The van der Waals surface area contributed by atoms with Crippen LogP contribution < -0.4 is 16.0 Å². The van der Waals surface area contributed by atoms with Crippen molar-refractivity contribution in [3.63, 3.8) is 0 Å². The Labute approximate surface area is 148 Å². The highest BCUT2D eigenvalue weighted by atomic mass is 32.1. The molecule has 1 fully saturated rings. The van der Waals surface area contributed by atoms with Gasteiger partial charge in [-0.15, -0.1) is 0 Å². The Morgan fingerprint density at radius 2 is 1.88 bits per heavy atom. The van der Waals surface area contributed by atoms with Crippen LogP contribution in [0.4, 0.5) is 5.69 Å². The molecule has 0 radical (unpaired) electrons. The highest BCUT2D eigenvalue weighted by Crippen LogP contribution is 2.23. The summed E-state index contributed by atoms with van der Waals surface area (Å²) in [6, 6.07) is 9.38. The zero-order valence-corrected chi connectivity index (χ0v) is 13.9. The normalized spacial score (nSPS) is 16.3. The van der Waals surface area contributed by atoms with Crippen molar-refractivity contribution in [3.05, 3.63) is 59.1 Å². The van der Waals surface area contributed by atoms with E-state index >= 15 is 0 Å². The first-order valence-corrected chi connectivity index (χ1v) is 7.65. The number of anilines is 1. The molecule has 1 aliphatic heterocycles. The predicted octanol–water partition coefficient (Wildman–Crippen LogP) is 1.52. The molecule has 0 atom stereocenters. The molecule has 2 heterocycles. The number of rotatable bonds is 3. The molecule has 3 amide bonds. The van der Waals surface area contributed by atoms with E-state index in [0.29, 0.717) is 22.8 Å². The number of nitrogens with one attached hydrogen (secondary N) is 1. The standard InChI is InChI=1S/C17H13N3O4S/c1-9-2-7-12(24-9)8-13-15(22)19-17(25)20(16(13)23)11-5-3-10(4-6-11)14(18)21/h2-8H,1H3,(H2,18,21)(H,19,22,25)/b13-8+. The number of thiocarbonyl (C=S) groups is 1. The first-order chi connectivity index (χ1) is 11.9. The maximum Gasteiger partial charge on any atom is 0.270 e. The molecule has 2 aromatic rings. The molecule has 3 rings (SSSR count). The Balaban J connectivity index is 1.98. The number of nitrogens with two attached hydrogens (primary N) is 1. The van der Waals surface area contributed by atoms with Crippen molar-refractivity contribution in [2.45, 2.75) is 6.92 Å². The molecule has 1 aromatic heterocycles. The van der Waals surface area contributed by atoms with Gasteiger partial charge in [0.2, 0.25) is 5.91 Å². The van der Waals surface area contributed by atoms with Crippen LogP contribution in [0, 0.1) is 6.92 Å². The summed E-state index contributed by atoms with van der Waals surface area (Å²) in [5.41, 5.74) is 5.79. The molecule has 1 aliphatic rings. The van der Waals surface area contributed by atoms with Crippen LogP contribution in [-0.4, -0.2) is 22.8 Å². The number of benzene rings is 1. The fourth-order valence-electron chi connectivity index (χ4n) is 2.34. The van der Waals surface area contributed by atoms with Crippen molar-refractivity contribution in [1.29, 1.82) is 0 Å². The average Bonchev–Trinajstić information content (AvgIpc) is 2.97. The summed E-state index contributed by atoms with van der Waals surface area (Å²) in [6.45, 7) is 1.76. The van der Waals surface area contributed by atoms with Crippen LogP contribution in [0.1, 0.15) is 21.9 Å². The SMILES string of the molecule is Cc1ccc(/C=C2\C(=O)NC(=S)N(c3ccc(C(N)=O)cc3)C2=O)o1. The fraction of sp³-hybridized carbons (Fsp3) is 0.0588. The van der Waals surface area contributed by atoms with E-state index in [1.807, 2.05) is 0 Å². The van der Waals surface area contributed by atoms with Gasteiger partial charge in [-0.05, 0) is 61.6 Å². The molecule has 8 heteroatoms. The van der Waals surface area contributed by atoms with Gasteiger partial charge in [0, 0.05) is 5.56 Å². The number of aryl methyl sites for hydroxylation is 1. The van der Waals surface area contributed by atoms with Gasteiger partial charge in [0.05, 0.1) is 5.69 Å². The minimum absolute atomic E-state index is 0.0467.